The second-order valence-corrected chi connectivity index (χ2v) is 9.63. The molecule has 1 N–H and O–H groups in total. The van der Waals surface area contributed by atoms with Gasteiger partial charge in [0.05, 0.1) is 24.1 Å². The maximum Gasteiger partial charge on any atom is 0.267 e. The van der Waals surface area contributed by atoms with Gasteiger partial charge in [-0.05, 0) is 48.7 Å². The molecule has 1 aliphatic rings. The predicted octanol–water partition coefficient (Wildman–Crippen LogP) is 3.86. The number of carbonyl (C=O) groups excluding carboxylic acids is 1. The molecule has 0 bridgehead atoms. The number of aryl methyl sites for hydroxylation is 1. The fraction of sp³-hybridized carbons (Fsp3) is 0.280. The average Bonchev–Trinajstić information content (AvgIpc) is 3.12. The Hall–Kier alpha value is -3.21. The highest BCUT2D eigenvalue weighted by molar-refractivity contribution is 8.26. The van der Waals surface area contributed by atoms with E-state index in [0.717, 1.165) is 23.3 Å². The van der Waals surface area contributed by atoms with E-state index in [0.29, 0.717) is 46.0 Å². The number of hydrogen-bond donors (Lipinski definition) is 1. The lowest BCUT2D eigenvalue weighted by Gasteiger charge is -2.15. The zero-order valence-corrected chi connectivity index (χ0v) is 21.4. The minimum atomic E-state index is -0.256. The Labute approximate surface area is 212 Å². The van der Waals surface area contributed by atoms with Crippen molar-refractivity contribution in [3.8, 4) is 5.75 Å². The van der Waals surface area contributed by atoms with Crippen LogP contribution in [0, 0.1) is 6.92 Å². The number of rotatable bonds is 9. The Kier molecular flexibility index (Phi) is 7.84. The van der Waals surface area contributed by atoms with Gasteiger partial charge in [0.25, 0.3) is 11.5 Å². The molecule has 35 heavy (non-hydrogen) atoms. The molecule has 1 aliphatic heterocycles. The van der Waals surface area contributed by atoms with Gasteiger partial charge in [-0.1, -0.05) is 42.2 Å². The molecule has 0 saturated carbocycles. The Morgan fingerprint density at radius 1 is 1.17 bits per heavy atom. The molecule has 1 aromatic carbocycles. The van der Waals surface area contributed by atoms with Crippen molar-refractivity contribution in [2.24, 2.45) is 0 Å². The number of nitrogens with zero attached hydrogens (tertiary/aromatic N) is 3. The first-order valence-corrected chi connectivity index (χ1v) is 12.3. The normalized spacial score (nSPS) is 14.8. The number of methoxy groups -OCH3 is 2. The van der Waals surface area contributed by atoms with Crippen molar-refractivity contribution in [2.45, 2.75) is 19.9 Å². The van der Waals surface area contributed by atoms with Crippen molar-refractivity contribution in [2.75, 3.05) is 32.7 Å². The van der Waals surface area contributed by atoms with Crippen LogP contribution in [0.5, 0.6) is 5.75 Å². The van der Waals surface area contributed by atoms with Crippen LogP contribution in [0.2, 0.25) is 0 Å². The first-order chi connectivity index (χ1) is 16.9. The third-order valence-electron chi connectivity index (χ3n) is 5.55. The molecule has 0 aliphatic carbocycles. The molecule has 3 heterocycles. The number of carbonyl (C=O) groups is 1. The lowest BCUT2D eigenvalue weighted by atomic mass is 10.2. The molecule has 0 atom stereocenters. The summed E-state index contributed by atoms with van der Waals surface area (Å²) < 4.78 is 12.3. The number of nitrogens with one attached hydrogen (secondary N) is 1. The number of thiocarbonyl (C=S) groups is 1. The van der Waals surface area contributed by atoms with E-state index in [2.05, 4.69) is 5.32 Å². The van der Waals surface area contributed by atoms with Gasteiger partial charge in [0.1, 0.15) is 21.5 Å². The molecule has 0 unspecified atom stereocenters. The van der Waals surface area contributed by atoms with Crippen molar-refractivity contribution < 1.29 is 14.3 Å². The summed E-state index contributed by atoms with van der Waals surface area (Å²) in [5, 5.41) is 3.24. The molecule has 3 aromatic rings. The van der Waals surface area contributed by atoms with Gasteiger partial charge in [-0.25, -0.2) is 4.98 Å². The van der Waals surface area contributed by atoms with Gasteiger partial charge >= 0.3 is 0 Å². The van der Waals surface area contributed by atoms with Gasteiger partial charge in [0.15, 0.2) is 0 Å². The Bertz CT molecular complexity index is 1350. The largest absolute Gasteiger partial charge is 0.497 e. The molecule has 1 amide bonds. The van der Waals surface area contributed by atoms with Gasteiger partial charge in [-0.15, -0.1) is 0 Å². The topological polar surface area (TPSA) is 85.2 Å². The summed E-state index contributed by atoms with van der Waals surface area (Å²) in [4.78, 5) is 33.3. The van der Waals surface area contributed by atoms with Crippen LogP contribution in [0.4, 0.5) is 5.82 Å². The van der Waals surface area contributed by atoms with Crippen LogP contribution in [-0.2, 0) is 16.1 Å². The van der Waals surface area contributed by atoms with Crippen LogP contribution < -0.4 is 15.6 Å². The van der Waals surface area contributed by atoms with E-state index in [1.807, 2.05) is 37.3 Å². The highest BCUT2D eigenvalue weighted by Crippen LogP contribution is 2.34. The van der Waals surface area contributed by atoms with E-state index in [1.165, 1.54) is 21.1 Å². The monoisotopic (exact) mass is 510 g/mol. The average molecular weight is 511 g/mol. The fourth-order valence-electron chi connectivity index (χ4n) is 3.68. The van der Waals surface area contributed by atoms with E-state index < -0.39 is 0 Å². The van der Waals surface area contributed by atoms with E-state index in [1.54, 1.807) is 32.6 Å². The van der Waals surface area contributed by atoms with Gasteiger partial charge in [0, 0.05) is 26.5 Å². The lowest BCUT2D eigenvalue weighted by Crippen LogP contribution is -2.27. The molecular weight excluding hydrogens is 484 g/mol. The predicted molar refractivity (Wildman–Crippen MR) is 143 cm³/mol. The Balaban J connectivity index is 1.68. The maximum absolute atomic E-state index is 13.4. The van der Waals surface area contributed by atoms with Crippen LogP contribution in [-0.4, -0.2) is 51.9 Å². The van der Waals surface area contributed by atoms with Crippen LogP contribution in [0.15, 0.2) is 52.3 Å². The summed E-state index contributed by atoms with van der Waals surface area (Å²) in [6, 6.07) is 11.2. The number of benzene rings is 1. The lowest BCUT2D eigenvalue weighted by molar-refractivity contribution is -0.122. The summed E-state index contributed by atoms with van der Waals surface area (Å²) in [5.41, 5.74) is 2.42. The second kappa shape index (κ2) is 11.0. The summed E-state index contributed by atoms with van der Waals surface area (Å²) in [5.74, 6) is 0.930. The molecule has 1 fully saturated rings. The molecule has 1 saturated heterocycles. The van der Waals surface area contributed by atoms with Crippen molar-refractivity contribution >= 4 is 51.7 Å². The first-order valence-electron chi connectivity index (χ1n) is 11.1. The van der Waals surface area contributed by atoms with Gasteiger partial charge in [-0.2, -0.15) is 0 Å². The fourth-order valence-corrected chi connectivity index (χ4v) is 4.92. The zero-order valence-electron chi connectivity index (χ0n) is 19.7. The number of amides is 1. The third-order valence-corrected chi connectivity index (χ3v) is 6.93. The standard InChI is InChI=1S/C25H26N4O4S2/c1-16-6-4-12-28-22(16)27-21(26-11-5-13-32-2)19(23(28)30)14-20-24(31)29(25(34)35-20)15-17-7-9-18(33-3)10-8-17/h4,6-10,12,14,26H,5,11,13,15H2,1-3H3/b20-14-. The van der Waals surface area contributed by atoms with Crippen molar-refractivity contribution in [3.63, 3.8) is 0 Å². The van der Waals surface area contributed by atoms with E-state index >= 15 is 0 Å². The Morgan fingerprint density at radius 2 is 1.94 bits per heavy atom. The van der Waals surface area contributed by atoms with Crippen LogP contribution >= 0.6 is 24.0 Å². The van der Waals surface area contributed by atoms with E-state index in [-0.39, 0.29) is 11.5 Å². The SMILES string of the molecule is COCCCNc1nc2c(C)cccn2c(=O)c1/C=C1\SC(=S)N(Cc2ccc(OC)cc2)C1=O. The summed E-state index contributed by atoms with van der Waals surface area (Å²) in [6.45, 7) is 3.39. The number of hydrogen-bond acceptors (Lipinski definition) is 8. The number of anilines is 1. The van der Waals surface area contributed by atoms with Gasteiger partial charge in [-0.3, -0.25) is 18.9 Å². The number of thioether (sulfide) groups is 1. The van der Waals surface area contributed by atoms with Gasteiger partial charge < -0.3 is 14.8 Å². The summed E-state index contributed by atoms with van der Waals surface area (Å²) in [7, 11) is 3.25. The quantitative estimate of drug-likeness (QED) is 0.264. The molecular formula is C25H26N4O4S2. The minimum Gasteiger partial charge on any atom is -0.497 e. The zero-order chi connectivity index (χ0) is 24.9. The summed E-state index contributed by atoms with van der Waals surface area (Å²) >= 11 is 6.67. The smallest absolute Gasteiger partial charge is 0.267 e. The van der Waals surface area contributed by atoms with Crippen LogP contribution in [0.1, 0.15) is 23.1 Å². The molecule has 4 rings (SSSR count). The summed E-state index contributed by atoms with van der Waals surface area (Å²) in [6.07, 6.45) is 4.02. The Morgan fingerprint density at radius 3 is 2.66 bits per heavy atom. The van der Waals surface area contributed by atoms with E-state index in [9.17, 15) is 9.59 Å². The number of ether oxygens (including phenoxy) is 2. The van der Waals surface area contributed by atoms with E-state index in [4.69, 9.17) is 26.7 Å². The van der Waals surface area contributed by atoms with Crippen molar-refractivity contribution in [1.29, 1.82) is 0 Å². The third kappa shape index (κ3) is 5.39. The first kappa shape index (κ1) is 24.9. The molecule has 10 heteroatoms. The number of fused-ring (bicyclic) bond motifs is 1. The van der Waals surface area contributed by atoms with Gasteiger partial charge in [0.2, 0.25) is 0 Å². The molecule has 8 nitrogen and oxygen atoms in total. The van der Waals surface area contributed by atoms with Crippen LogP contribution in [0.3, 0.4) is 0 Å². The maximum atomic E-state index is 13.4. The molecule has 2 aromatic heterocycles. The number of pyridine rings is 1. The number of aromatic nitrogens is 2. The molecule has 0 radical (unpaired) electrons. The van der Waals surface area contributed by atoms with Crippen molar-refractivity contribution in [3.05, 3.63) is 74.5 Å². The molecule has 182 valence electrons. The van der Waals surface area contributed by atoms with Crippen LogP contribution in [0.25, 0.3) is 11.7 Å². The highest BCUT2D eigenvalue weighted by Gasteiger charge is 2.32. The van der Waals surface area contributed by atoms with Crippen molar-refractivity contribution in [1.82, 2.24) is 14.3 Å². The second-order valence-electron chi connectivity index (χ2n) is 7.95. The highest BCUT2D eigenvalue weighted by atomic mass is 32.2. The molecule has 0 spiro atoms. The minimum absolute atomic E-state index is 0.241.